The van der Waals surface area contributed by atoms with Crippen molar-refractivity contribution in [2.75, 3.05) is 0 Å². The average Bonchev–Trinajstić information content (AvgIpc) is 2.95. The maximum atomic E-state index is 13.6. The second-order valence-electron chi connectivity index (χ2n) is 7.85. The SMILES string of the molecule is CC(C)Sc1nc2sc3c(c2c(=O)n1Cc1ccccc1)CC(C)(C)OC3. The molecule has 4 rings (SSSR count). The number of hydrogen-bond acceptors (Lipinski definition) is 5. The van der Waals surface area contributed by atoms with Crippen molar-refractivity contribution in [1.82, 2.24) is 9.55 Å². The van der Waals surface area contributed by atoms with E-state index in [0.717, 1.165) is 37.8 Å². The molecule has 0 atom stereocenters. The highest BCUT2D eigenvalue weighted by molar-refractivity contribution is 7.99. The van der Waals surface area contributed by atoms with Gasteiger partial charge in [-0.15, -0.1) is 11.3 Å². The monoisotopic (exact) mass is 400 g/mol. The van der Waals surface area contributed by atoms with Crippen LogP contribution < -0.4 is 5.56 Å². The molecule has 0 aliphatic carbocycles. The normalized spacial score (nSPS) is 16.0. The zero-order valence-corrected chi connectivity index (χ0v) is 17.7. The van der Waals surface area contributed by atoms with Crippen LogP contribution in [0, 0.1) is 0 Å². The lowest BCUT2D eigenvalue weighted by molar-refractivity contribution is -0.0379. The van der Waals surface area contributed by atoms with Gasteiger partial charge in [0.05, 0.1) is 24.1 Å². The molecule has 142 valence electrons. The number of aromatic nitrogens is 2. The zero-order valence-electron chi connectivity index (χ0n) is 16.1. The van der Waals surface area contributed by atoms with Crippen LogP contribution >= 0.6 is 23.1 Å². The quantitative estimate of drug-likeness (QED) is 0.463. The molecule has 1 aromatic carbocycles. The number of hydrogen-bond donors (Lipinski definition) is 0. The van der Waals surface area contributed by atoms with Gasteiger partial charge in [0.2, 0.25) is 0 Å². The van der Waals surface area contributed by atoms with Crippen LogP contribution in [0.25, 0.3) is 10.2 Å². The third kappa shape index (κ3) is 3.71. The number of fused-ring (bicyclic) bond motifs is 3. The molecule has 4 nitrogen and oxygen atoms in total. The molecule has 0 spiro atoms. The Balaban J connectivity index is 1.91. The topological polar surface area (TPSA) is 44.1 Å². The smallest absolute Gasteiger partial charge is 0.263 e. The summed E-state index contributed by atoms with van der Waals surface area (Å²) >= 11 is 3.25. The molecule has 0 N–H and O–H groups in total. The van der Waals surface area contributed by atoms with Crippen molar-refractivity contribution >= 4 is 33.3 Å². The van der Waals surface area contributed by atoms with Gasteiger partial charge in [0, 0.05) is 16.5 Å². The molecule has 0 bridgehead atoms. The van der Waals surface area contributed by atoms with Gasteiger partial charge in [0.15, 0.2) is 5.16 Å². The molecule has 1 aliphatic rings. The molecule has 0 saturated carbocycles. The van der Waals surface area contributed by atoms with Crippen molar-refractivity contribution in [3.05, 3.63) is 56.7 Å². The predicted octanol–water partition coefficient (Wildman–Crippen LogP) is 4.86. The predicted molar refractivity (Wildman–Crippen MR) is 113 cm³/mol. The molecule has 0 unspecified atom stereocenters. The van der Waals surface area contributed by atoms with Gasteiger partial charge >= 0.3 is 0 Å². The zero-order chi connectivity index (χ0) is 19.2. The van der Waals surface area contributed by atoms with Gasteiger partial charge < -0.3 is 4.74 Å². The van der Waals surface area contributed by atoms with E-state index in [1.165, 1.54) is 0 Å². The highest BCUT2D eigenvalue weighted by Gasteiger charge is 2.31. The average molecular weight is 401 g/mol. The van der Waals surface area contributed by atoms with Crippen LogP contribution in [0.15, 0.2) is 40.3 Å². The van der Waals surface area contributed by atoms with Crippen molar-refractivity contribution in [2.45, 2.75) is 63.3 Å². The highest BCUT2D eigenvalue weighted by Crippen LogP contribution is 2.37. The van der Waals surface area contributed by atoms with Crippen LogP contribution in [0.1, 0.15) is 43.7 Å². The number of ether oxygens (including phenoxy) is 1. The Morgan fingerprint density at radius 1 is 1.30 bits per heavy atom. The van der Waals surface area contributed by atoms with Crippen LogP contribution in [0.2, 0.25) is 0 Å². The first-order valence-electron chi connectivity index (χ1n) is 9.24. The third-order valence-electron chi connectivity index (χ3n) is 4.68. The molecule has 3 aromatic rings. The second-order valence-corrected chi connectivity index (χ2v) is 10.5. The summed E-state index contributed by atoms with van der Waals surface area (Å²) in [4.78, 5) is 20.5. The van der Waals surface area contributed by atoms with E-state index in [-0.39, 0.29) is 11.2 Å². The Morgan fingerprint density at radius 3 is 2.74 bits per heavy atom. The van der Waals surface area contributed by atoms with Gasteiger partial charge in [-0.1, -0.05) is 55.9 Å². The minimum atomic E-state index is -0.247. The summed E-state index contributed by atoms with van der Waals surface area (Å²) in [6.07, 6.45) is 0.751. The van der Waals surface area contributed by atoms with E-state index in [1.54, 1.807) is 23.1 Å². The standard InChI is InChI=1S/C21H24N2O2S2/c1-13(2)26-20-22-18-17(15-10-21(3,4)25-12-16(15)27-18)19(24)23(20)11-14-8-6-5-7-9-14/h5-9,13H,10-12H2,1-4H3. The molecule has 3 heterocycles. The summed E-state index contributed by atoms with van der Waals surface area (Å²) in [6.45, 7) is 9.53. The van der Waals surface area contributed by atoms with Crippen molar-refractivity contribution in [3.8, 4) is 0 Å². The molecular weight excluding hydrogens is 376 g/mol. The van der Waals surface area contributed by atoms with E-state index in [9.17, 15) is 4.79 Å². The minimum absolute atomic E-state index is 0.0715. The number of thiophene rings is 1. The first kappa shape index (κ1) is 18.7. The third-order valence-corrected chi connectivity index (χ3v) is 6.77. The van der Waals surface area contributed by atoms with Gasteiger partial charge in [-0.2, -0.15) is 0 Å². The highest BCUT2D eigenvalue weighted by atomic mass is 32.2. The Bertz CT molecular complexity index is 1040. The molecule has 2 aromatic heterocycles. The van der Waals surface area contributed by atoms with E-state index < -0.39 is 0 Å². The second kappa shape index (κ2) is 7.08. The fourth-order valence-electron chi connectivity index (χ4n) is 3.41. The lowest BCUT2D eigenvalue weighted by Gasteiger charge is -2.30. The van der Waals surface area contributed by atoms with Crippen molar-refractivity contribution < 1.29 is 4.74 Å². The number of nitrogens with zero attached hydrogens (tertiary/aromatic N) is 2. The molecule has 0 radical (unpaired) electrons. The van der Waals surface area contributed by atoms with Crippen LogP contribution in [-0.2, 0) is 24.3 Å². The summed E-state index contributed by atoms with van der Waals surface area (Å²) in [5, 5.41) is 1.94. The van der Waals surface area contributed by atoms with Gasteiger partial charge in [0.1, 0.15) is 4.83 Å². The number of benzene rings is 1. The Hall–Kier alpha value is -1.63. The van der Waals surface area contributed by atoms with E-state index in [1.807, 2.05) is 22.8 Å². The van der Waals surface area contributed by atoms with Crippen LogP contribution in [0.4, 0.5) is 0 Å². The lowest BCUT2D eigenvalue weighted by atomic mass is 9.94. The van der Waals surface area contributed by atoms with Crippen molar-refractivity contribution in [1.29, 1.82) is 0 Å². The Kier molecular flexibility index (Phi) is 4.91. The largest absolute Gasteiger partial charge is 0.370 e. The van der Waals surface area contributed by atoms with E-state index in [0.29, 0.717) is 18.4 Å². The first-order chi connectivity index (χ1) is 12.8. The van der Waals surface area contributed by atoms with Gasteiger partial charge in [-0.25, -0.2) is 4.98 Å². The van der Waals surface area contributed by atoms with Crippen molar-refractivity contribution in [3.63, 3.8) is 0 Å². The van der Waals surface area contributed by atoms with Crippen LogP contribution in [-0.4, -0.2) is 20.4 Å². The summed E-state index contributed by atoms with van der Waals surface area (Å²) in [5.74, 6) is 0. The summed E-state index contributed by atoms with van der Waals surface area (Å²) in [7, 11) is 0. The van der Waals surface area contributed by atoms with Gasteiger partial charge in [-0.05, 0) is 25.0 Å². The molecular formula is C21H24N2O2S2. The Labute approximate surface area is 167 Å². The Morgan fingerprint density at radius 2 is 2.04 bits per heavy atom. The number of rotatable bonds is 4. The summed E-state index contributed by atoms with van der Waals surface area (Å²) < 4.78 is 7.80. The number of thioether (sulfide) groups is 1. The maximum Gasteiger partial charge on any atom is 0.263 e. The molecule has 6 heteroatoms. The van der Waals surface area contributed by atoms with Gasteiger partial charge in [0.25, 0.3) is 5.56 Å². The maximum absolute atomic E-state index is 13.6. The van der Waals surface area contributed by atoms with Crippen LogP contribution in [0.5, 0.6) is 0 Å². The van der Waals surface area contributed by atoms with Crippen molar-refractivity contribution in [2.24, 2.45) is 0 Å². The summed E-state index contributed by atoms with van der Waals surface area (Å²) in [5.41, 5.74) is 2.07. The molecule has 0 amide bonds. The molecule has 0 fully saturated rings. The fraction of sp³-hybridized carbons (Fsp3) is 0.429. The molecule has 27 heavy (non-hydrogen) atoms. The van der Waals surface area contributed by atoms with E-state index in [4.69, 9.17) is 9.72 Å². The van der Waals surface area contributed by atoms with Crippen LogP contribution in [0.3, 0.4) is 0 Å². The van der Waals surface area contributed by atoms with E-state index >= 15 is 0 Å². The minimum Gasteiger partial charge on any atom is -0.370 e. The van der Waals surface area contributed by atoms with Gasteiger partial charge in [-0.3, -0.25) is 9.36 Å². The summed E-state index contributed by atoms with van der Waals surface area (Å²) in [6, 6.07) is 10.1. The fourth-order valence-corrected chi connectivity index (χ4v) is 5.41. The lowest BCUT2D eigenvalue weighted by Crippen LogP contribution is -2.32. The first-order valence-corrected chi connectivity index (χ1v) is 10.9. The van der Waals surface area contributed by atoms with E-state index in [2.05, 4.69) is 39.8 Å². The molecule has 0 saturated heterocycles. The molecule has 1 aliphatic heterocycles.